The summed E-state index contributed by atoms with van der Waals surface area (Å²) in [5, 5.41) is 14.8. The molecule has 1 aliphatic rings. The van der Waals surface area contributed by atoms with Crippen molar-refractivity contribution in [1.82, 2.24) is 20.5 Å². The first-order chi connectivity index (χ1) is 10.7. The molecule has 1 aromatic heterocycles. The van der Waals surface area contributed by atoms with Gasteiger partial charge in [0.1, 0.15) is 0 Å². The van der Waals surface area contributed by atoms with E-state index in [1.54, 1.807) is 12.4 Å². The summed E-state index contributed by atoms with van der Waals surface area (Å²) in [5.41, 5.74) is 1.07. The third-order valence-electron chi connectivity index (χ3n) is 4.04. The average Bonchev–Trinajstić information content (AvgIpc) is 2.55. The van der Waals surface area contributed by atoms with Crippen LogP contribution in [0.25, 0.3) is 0 Å². The SMILES string of the molecule is CCC(NC(=O)NC1CCN(CC#N)CC1)c1ccncc1. The van der Waals surface area contributed by atoms with Gasteiger partial charge >= 0.3 is 6.03 Å². The van der Waals surface area contributed by atoms with Gasteiger partial charge in [-0.25, -0.2) is 4.79 Å². The van der Waals surface area contributed by atoms with E-state index in [4.69, 9.17) is 5.26 Å². The number of carbonyl (C=O) groups excluding carboxylic acids is 1. The highest BCUT2D eigenvalue weighted by molar-refractivity contribution is 5.74. The third-order valence-corrected chi connectivity index (χ3v) is 4.04. The Morgan fingerprint density at radius 1 is 1.45 bits per heavy atom. The van der Waals surface area contributed by atoms with Crippen molar-refractivity contribution in [2.45, 2.75) is 38.3 Å². The van der Waals surface area contributed by atoms with Crippen LogP contribution >= 0.6 is 0 Å². The maximum atomic E-state index is 12.2. The van der Waals surface area contributed by atoms with Crippen molar-refractivity contribution >= 4 is 6.03 Å². The lowest BCUT2D eigenvalue weighted by Crippen LogP contribution is -2.48. The summed E-state index contributed by atoms with van der Waals surface area (Å²) in [6.07, 6.45) is 6.09. The molecule has 2 amide bonds. The van der Waals surface area contributed by atoms with Gasteiger partial charge < -0.3 is 10.6 Å². The van der Waals surface area contributed by atoms with Crippen LogP contribution in [-0.2, 0) is 0 Å². The van der Waals surface area contributed by atoms with Crippen molar-refractivity contribution in [3.63, 3.8) is 0 Å². The average molecular weight is 301 g/mol. The molecule has 1 aliphatic heterocycles. The van der Waals surface area contributed by atoms with Gasteiger partial charge in [-0.3, -0.25) is 9.88 Å². The summed E-state index contributed by atoms with van der Waals surface area (Å²) >= 11 is 0. The molecule has 0 saturated carbocycles. The lowest BCUT2D eigenvalue weighted by Gasteiger charge is -2.31. The molecule has 1 fully saturated rings. The van der Waals surface area contributed by atoms with Crippen molar-refractivity contribution < 1.29 is 4.79 Å². The van der Waals surface area contributed by atoms with Crippen LogP contribution in [0.2, 0.25) is 0 Å². The number of amides is 2. The van der Waals surface area contributed by atoms with E-state index in [1.165, 1.54) is 0 Å². The van der Waals surface area contributed by atoms with E-state index in [9.17, 15) is 4.79 Å². The van der Waals surface area contributed by atoms with Crippen molar-refractivity contribution in [2.75, 3.05) is 19.6 Å². The highest BCUT2D eigenvalue weighted by atomic mass is 16.2. The Balaban J connectivity index is 1.79. The van der Waals surface area contributed by atoms with Gasteiger partial charge in [-0.1, -0.05) is 6.92 Å². The Labute approximate surface area is 131 Å². The number of likely N-dealkylation sites (tertiary alicyclic amines) is 1. The molecule has 6 heteroatoms. The smallest absolute Gasteiger partial charge is 0.315 e. The number of hydrogen-bond donors (Lipinski definition) is 2. The first-order valence-corrected chi connectivity index (χ1v) is 7.79. The van der Waals surface area contributed by atoms with Crippen LogP contribution in [0.5, 0.6) is 0 Å². The van der Waals surface area contributed by atoms with Gasteiger partial charge in [0.2, 0.25) is 0 Å². The van der Waals surface area contributed by atoms with Crippen LogP contribution < -0.4 is 10.6 Å². The van der Waals surface area contributed by atoms with Crippen LogP contribution in [-0.4, -0.2) is 41.6 Å². The maximum Gasteiger partial charge on any atom is 0.315 e. The number of nitriles is 1. The molecule has 2 N–H and O–H groups in total. The lowest BCUT2D eigenvalue weighted by molar-refractivity contribution is 0.203. The van der Waals surface area contributed by atoms with Gasteiger partial charge in [0.05, 0.1) is 18.7 Å². The fraction of sp³-hybridized carbons (Fsp3) is 0.562. The number of nitrogens with one attached hydrogen (secondary N) is 2. The van der Waals surface area contributed by atoms with E-state index in [2.05, 4.69) is 26.6 Å². The highest BCUT2D eigenvalue weighted by Crippen LogP contribution is 2.15. The first kappa shape index (κ1) is 16.2. The first-order valence-electron chi connectivity index (χ1n) is 7.79. The second-order valence-electron chi connectivity index (χ2n) is 5.57. The van der Waals surface area contributed by atoms with E-state index in [1.807, 2.05) is 19.1 Å². The van der Waals surface area contributed by atoms with Gasteiger partial charge in [0.15, 0.2) is 0 Å². The van der Waals surface area contributed by atoms with Gasteiger partial charge in [0, 0.05) is 31.5 Å². The molecule has 2 rings (SSSR count). The number of piperidine rings is 1. The van der Waals surface area contributed by atoms with E-state index >= 15 is 0 Å². The predicted octanol–water partition coefficient (Wildman–Crippen LogP) is 1.82. The Morgan fingerprint density at radius 2 is 2.14 bits per heavy atom. The van der Waals surface area contributed by atoms with Crippen LogP contribution in [0.4, 0.5) is 4.79 Å². The summed E-state index contributed by atoms with van der Waals surface area (Å²) in [6, 6.07) is 6.08. The minimum atomic E-state index is -0.123. The largest absolute Gasteiger partial charge is 0.335 e. The number of urea groups is 1. The molecule has 0 radical (unpaired) electrons. The summed E-state index contributed by atoms with van der Waals surface area (Å²) in [4.78, 5) is 18.3. The number of nitrogens with zero attached hydrogens (tertiary/aromatic N) is 3. The molecular weight excluding hydrogens is 278 g/mol. The molecule has 1 saturated heterocycles. The Hall–Kier alpha value is -2.13. The molecule has 0 bridgehead atoms. The molecule has 2 heterocycles. The van der Waals surface area contributed by atoms with Gasteiger partial charge in [0.25, 0.3) is 0 Å². The topological polar surface area (TPSA) is 81.0 Å². The lowest BCUT2D eigenvalue weighted by atomic mass is 10.0. The molecule has 1 aromatic rings. The zero-order valence-electron chi connectivity index (χ0n) is 13.0. The van der Waals surface area contributed by atoms with E-state index in [0.717, 1.165) is 37.9 Å². The molecule has 0 spiro atoms. The minimum Gasteiger partial charge on any atom is -0.335 e. The Kier molecular flexibility index (Phi) is 6.16. The normalized spacial score (nSPS) is 17.5. The zero-order valence-corrected chi connectivity index (χ0v) is 13.0. The Morgan fingerprint density at radius 3 is 2.73 bits per heavy atom. The Bertz CT molecular complexity index is 505. The molecule has 1 atom stereocenters. The molecule has 1 unspecified atom stereocenters. The zero-order chi connectivity index (χ0) is 15.8. The molecular formula is C16H23N5O. The quantitative estimate of drug-likeness (QED) is 0.813. The minimum absolute atomic E-state index is 0.00155. The monoisotopic (exact) mass is 301 g/mol. The van der Waals surface area contributed by atoms with Crippen LogP contribution in [0, 0.1) is 11.3 Å². The van der Waals surface area contributed by atoms with Crippen molar-refractivity contribution in [3.8, 4) is 6.07 Å². The van der Waals surface area contributed by atoms with E-state index in [0.29, 0.717) is 6.54 Å². The molecule has 0 aromatic carbocycles. The van der Waals surface area contributed by atoms with Gasteiger partial charge in [-0.15, -0.1) is 0 Å². The maximum absolute atomic E-state index is 12.2. The standard InChI is InChI=1S/C16H23N5O/c1-2-15(13-3-8-18-9-4-13)20-16(22)19-14-5-10-21(11-6-14)12-7-17/h3-4,8-9,14-15H,2,5-6,10-12H2,1H3,(H2,19,20,22). The molecule has 118 valence electrons. The summed E-state index contributed by atoms with van der Waals surface area (Å²) < 4.78 is 0. The van der Waals surface area contributed by atoms with Crippen molar-refractivity contribution in [2.24, 2.45) is 0 Å². The highest BCUT2D eigenvalue weighted by Gasteiger charge is 2.21. The van der Waals surface area contributed by atoms with Crippen LogP contribution in [0.3, 0.4) is 0 Å². The van der Waals surface area contributed by atoms with Crippen molar-refractivity contribution in [1.29, 1.82) is 5.26 Å². The van der Waals surface area contributed by atoms with Crippen LogP contribution in [0.15, 0.2) is 24.5 Å². The van der Waals surface area contributed by atoms with Gasteiger partial charge in [-0.2, -0.15) is 5.26 Å². The number of pyridine rings is 1. The molecule has 6 nitrogen and oxygen atoms in total. The van der Waals surface area contributed by atoms with Crippen LogP contribution in [0.1, 0.15) is 37.8 Å². The van der Waals surface area contributed by atoms with E-state index < -0.39 is 0 Å². The van der Waals surface area contributed by atoms with E-state index in [-0.39, 0.29) is 18.1 Å². The van der Waals surface area contributed by atoms with Gasteiger partial charge in [-0.05, 0) is 37.0 Å². The number of hydrogen-bond acceptors (Lipinski definition) is 4. The molecule has 0 aliphatic carbocycles. The fourth-order valence-electron chi connectivity index (χ4n) is 2.74. The summed E-state index contributed by atoms with van der Waals surface area (Å²) in [7, 11) is 0. The van der Waals surface area contributed by atoms with Crippen molar-refractivity contribution in [3.05, 3.63) is 30.1 Å². The fourth-order valence-corrected chi connectivity index (χ4v) is 2.74. The number of aromatic nitrogens is 1. The second kappa shape index (κ2) is 8.35. The summed E-state index contributed by atoms with van der Waals surface area (Å²) in [6.45, 7) is 4.24. The predicted molar refractivity (Wildman–Crippen MR) is 84.0 cm³/mol. The number of carbonyl (C=O) groups is 1. The number of rotatable bonds is 5. The molecule has 22 heavy (non-hydrogen) atoms. The third kappa shape index (κ3) is 4.71. The summed E-state index contributed by atoms with van der Waals surface area (Å²) in [5.74, 6) is 0. The second-order valence-corrected chi connectivity index (χ2v) is 5.57.